The first-order valence-corrected chi connectivity index (χ1v) is 13.1. The van der Waals surface area contributed by atoms with Gasteiger partial charge in [-0.1, -0.05) is 23.5 Å². The number of nitrogens with one attached hydrogen (secondary N) is 1. The van der Waals surface area contributed by atoms with E-state index in [1.54, 1.807) is 13.3 Å². The van der Waals surface area contributed by atoms with E-state index in [0.717, 1.165) is 54.8 Å². The highest BCUT2D eigenvalue weighted by Crippen LogP contribution is 2.29. The van der Waals surface area contributed by atoms with Gasteiger partial charge in [-0.3, -0.25) is 4.79 Å². The zero-order valence-electron chi connectivity index (χ0n) is 20.5. The second-order valence-electron chi connectivity index (χ2n) is 8.99. The minimum Gasteiger partial charge on any atom is -0.378 e. The van der Waals surface area contributed by atoms with E-state index in [1.165, 1.54) is 11.3 Å². The molecular formula is C25H31N7O3S. The smallest absolute Gasteiger partial charge is 0.205 e. The number of anilines is 3. The molecule has 3 aromatic rings. The lowest BCUT2D eigenvalue weighted by Gasteiger charge is -2.40. The van der Waals surface area contributed by atoms with E-state index >= 15 is 0 Å². The molecule has 5 rings (SSSR count). The van der Waals surface area contributed by atoms with Gasteiger partial charge in [-0.15, -0.1) is 15.3 Å². The van der Waals surface area contributed by atoms with E-state index in [9.17, 15) is 4.79 Å². The summed E-state index contributed by atoms with van der Waals surface area (Å²) in [6.07, 6.45) is 2.45. The first-order valence-electron chi connectivity index (χ1n) is 12.3. The van der Waals surface area contributed by atoms with Crippen LogP contribution < -0.4 is 15.1 Å². The van der Waals surface area contributed by atoms with Crippen LogP contribution in [0.15, 0.2) is 42.6 Å². The van der Waals surface area contributed by atoms with Crippen molar-refractivity contribution in [2.75, 3.05) is 55.0 Å². The first kappa shape index (κ1) is 24.5. The minimum atomic E-state index is -0.634. The average Bonchev–Trinajstić information content (AvgIpc) is 3.52. The highest BCUT2D eigenvalue weighted by Gasteiger charge is 2.29. The number of hydrogen-bond acceptors (Lipinski definition) is 11. The summed E-state index contributed by atoms with van der Waals surface area (Å²) in [6.45, 7) is 5.78. The van der Waals surface area contributed by atoms with Crippen molar-refractivity contribution in [2.24, 2.45) is 0 Å². The second-order valence-corrected chi connectivity index (χ2v) is 10.1. The lowest BCUT2D eigenvalue weighted by Crippen LogP contribution is -2.51. The van der Waals surface area contributed by atoms with E-state index in [0.29, 0.717) is 11.6 Å². The lowest BCUT2D eigenvalue weighted by atomic mass is 10.0. The Labute approximate surface area is 214 Å². The Hall–Kier alpha value is -3.15. The molecule has 11 heteroatoms. The third-order valence-corrected chi connectivity index (χ3v) is 7.39. The summed E-state index contributed by atoms with van der Waals surface area (Å²) in [5.41, 5.74) is 1.94. The third-order valence-electron chi connectivity index (χ3n) is 6.54. The number of methoxy groups -OCH3 is 1. The standard InChI is InChI=1S/C25H31N7O3S/c1-3-35-24(17-6-4-7-19(12-17)32-15-20(16-32)34-2)21(33)13-23-29-30-25(36-23)27-18-9-11-31(14-18)22-8-5-10-26-28-22/h4-8,10,12,18,20,24H,3,9,11,13-16H2,1-2H3,(H,27,30)/t18-,24+/m1/s1. The molecule has 190 valence electrons. The van der Waals surface area contributed by atoms with Crippen LogP contribution in [0, 0.1) is 0 Å². The molecule has 1 aromatic carbocycles. The number of aromatic nitrogens is 4. The molecule has 2 saturated heterocycles. The maximum atomic E-state index is 13.3. The zero-order valence-corrected chi connectivity index (χ0v) is 21.4. The van der Waals surface area contributed by atoms with Crippen LogP contribution in [-0.2, 0) is 20.7 Å². The number of ketones is 1. The molecule has 2 fully saturated rings. The number of Topliss-reactive ketones (excluding diaryl/α,β-unsaturated/α-hetero) is 1. The molecule has 36 heavy (non-hydrogen) atoms. The van der Waals surface area contributed by atoms with E-state index in [2.05, 4.69) is 41.6 Å². The SMILES string of the molecule is CCO[C@H](C(=O)Cc1nnc(N[C@@H]2CCN(c3cccnn3)C2)s1)c1cccc(N2CC(OC)C2)c1. The van der Waals surface area contributed by atoms with Crippen molar-refractivity contribution in [1.82, 2.24) is 20.4 Å². The predicted octanol–water partition coefficient (Wildman–Crippen LogP) is 2.74. The molecule has 0 unspecified atom stereocenters. The van der Waals surface area contributed by atoms with Crippen LogP contribution in [-0.4, -0.2) is 78.2 Å². The van der Waals surface area contributed by atoms with Crippen molar-refractivity contribution in [3.8, 4) is 0 Å². The van der Waals surface area contributed by atoms with Gasteiger partial charge in [0.2, 0.25) is 5.13 Å². The molecule has 10 nitrogen and oxygen atoms in total. The molecular weight excluding hydrogens is 478 g/mol. The highest BCUT2D eigenvalue weighted by atomic mass is 32.1. The maximum absolute atomic E-state index is 13.3. The summed E-state index contributed by atoms with van der Waals surface area (Å²) in [5.74, 6) is 0.855. The number of carbonyl (C=O) groups excluding carboxylic acids is 1. The van der Waals surface area contributed by atoms with Gasteiger partial charge in [-0.25, -0.2) is 0 Å². The summed E-state index contributed by atoms with van der Waals surface area (Å²) in [6, 6.07) is 12.1. The van der Waals surface area contributed by atoms with Gasteiger partial charge in [0.1, 0.15) is 11.1 Å². The molecule has 2 aromatic heterocycles. The maximum Gasteiger partial charge on any atom is 0.205 e. The molecule has 0 radical (unpaired) electrons. The Morgan fingerprint density at radius 3 is 2.83 bits per heavy atom. The van der Waals surface area contributed by atoms with E-state index < -0.39 is 6.10 Å². The highest BCUT2D eigenvalue weighted by molar-refractivity contribution is 7.15. The summed E-state index contributed by atoms with van der Waals surface area (Å²) in [4.78, 5) is 17.7. The monoisotopic (exact) mass is 509 g/mol. The molecule has 0 saturated carbocycles. The fourth-order valence-electron chi connectivity index (χ4n) is 4.57. The molecule has 2 atom stereocenters. The number of rotatable bonds is 11. The zero-order chi connectivity index (χ0) is 24.9. The van der Waals surface area contributed by atoms with Crippen molar-refractivity contribution in [3.05, 3.63) is 53.2 Å². The van der Waals surface area contributed by atoms with Crippen molar-refractivity contribution in [2.45, 2.75) is 38.0 Å². The molecule has 0 amide bonds. The van der Waals surface area contributed by atoms with Gasteiger partial charge in [0, 0.05) is 57.8 Å². The van der Waals surface area contributed by atoms with Gasteiger partial charge < -0.3 is 24.6 Å². The number of hydrogen-bond donors (Lipinski definition) is 1. The van der Waals surface area contributed by atoms with Crippen LogP contribution in [0.1, 0.15) is 30.0 Å². The second kappa shape index (κ2) is 11.3. The molecule has 0 bridgehead atoms. The Bertz CT molecular complexity index is 1160. The van der Waals surface area contributed by atoms with Crippen molar-refractivity contribution in [3.63, 3.8) is 0 Å². The van der Waals surface area contributed by atoms with Gasteiger partial charge in [-0.05, 0) is 43.2 Å². The van der Waals surface area contributed by atoms with Crippen LogP contribution in [0.3, 0.4) is 0 Å². The quantitative estimate of drug-likeness (QED) is 0.415. The largest absolute Gasteiger partial charge is 0.378 e. The summed E-state index contributed by atoms with van der Waals surface area (Å²) in [5, 5.41) is 21.6. The predicted molar refractivity (Wildman–Crippen MR) is 139 cm³/mol. The van der Waals surface area contributed by atoms with Crippen molar-refractivity contribution in [1.29, 1.82) is 0 Å². The normalized spacial score (nSPS) is 18.8. The summed E-state index contributed by atoms with van der Waals surface area (Å²) >= 11 is 1.42. The van der Waals surface area contributed by atoms with Gasteiger partial charge in [0.25, 0.3) is 0 Å². The molecule has 1 N–H and O–H groups in total. The van der Waals surface area contributed by atoms with E-state index in [1.807, 2.05) is 37.3 Å². The number of ether oxygens (including phenoxy) is 2. The molecule has 2 aliphatic rings. The van der Waals surface area contributed by atoms with Gasteiger partial charge >= 0.3 is 0 Å². The fourth-order valence-corrected chi connectivity index (χ4v) is 5.40. The van der Waals surface area contributed by atoms with Gasteiger partial charge in [0.05, 0.1) is 12.5 Å². The van der Waals surface area contributed by atoms with Crippen LogP contribution >= 0.6 is 11.3 Å². The first-order chi connectivity index (χ1) is 17.6. The molecule has 0 spiro atoms. The van der Waals surface area contributed by atoms with Crippen LogP contribution in [0.2, 0.25) is 0 Å². The fraction of sp³-hybridized carbons (Fsp3) is 0.480. The van der Waals surface area contributed by atoms with Crippen molar-refractivity contribution >= 4 is 33.8 Å². The van der Waals surface area contributed by atoms with Gasteiger partial charge in [-0.2, -0.15) is 5.10 Å². The van der Waals surface area contributed by atoms with Crippen LogP contribution in [0.4, 0.5) is 16.6 Å². The number of nitrogens with zero attached hydrogens (tertiary/aromatic N) is 6. The third kappa shape index (κ3) is 5.63. The van der Waals surface area contributed by atoms with Crippen LogP contribution in [0.5, 0.6) is 0 Å². The topological polar surface area (TPSA) is 106 Å². The summed E-state index contributed by atoms with van der Waals surface area (Å²) in [7, 11) is 1.74. The summed E-state index contributed by atoms with van der Waals surface area (Å²) < 4.78 is 11.3. The molecule has 2 aliphatic heterocycles. The average molecular weight is 510 g/mol. The van der Waals surface area contributed by atoms with Crippen molar-refractivity contribution < 1.29 is 14.3 Å². The Morgan fingerprint density at radius 1 is 1.17 bits per heavy atom. The lowest BCUT2D eigenvalue weighted by molar-refractivity contribution is -0.130. The number of carbonyl (C=O) groups is 1. The minimum absolute atomic E-state index is 0.0234. The Morgan fingerprint density at radius 2 is 2.06 bits per heavy atom. The Balaban J connectivity index is 1.19. The number of benzene rings is 1. The van der Waals surface area contributed by atoms with E-state index in [4.69, 9.17) is 9.47 Å². The molecule has 4 heterocycles. The van der Waals surface area contributed by atoms with Crippen LogP contribution in [0.25, 0.3) is 0 Å². The molecule has 0 aliphatic carbocycles. The van der Waals surface area contributed by atoms with Gasteiger partial charge in [0.15, 0.2) is 11.6 Å². The Kier molecular flexibility index (Phi) is 7.69. The van der Waals surface area contributed by atoms with E-state index in [-0.39, 0.29) is 24.3 Å².